The summed E-state index contributed by atoms with van der Waals surface area (Å²) < 4.78 is 2.02. The monoisotopic (exact) mass is 207 g/mol. The molecule has 1 atom stereocenters. The van der Waals surface area contributed by atoms with Gasteiger partial charge in [-0.2, -0.15) is 0 Å². The zero-order valence-corrected chi connectivity index (χ0v) is 8.99. The molecule has 2 N–H and O–H groups in total. The van der Waals surface area contributed by atoms with Gasteiger partial charge < -0.3 is 15.2 Å². The Balaban J connectivity index is 1.83. The van der Waals surface area contributed by atoms with Gasteiger partial charge in [0.1, 0.15) is 0 Å². The van der Waals surface area contributed by atoms with E-state index in [0.717, 1.165) is 25.1 Å². The molecule has 2 heterocycles. The molecule has 1 saturated heterocycles. The lowest BCUT2D eigenvalue weighted by Gasteiger charge is -2.11. The van der Waals surface area contributed by atoms with Gasteiger partial charge in [0.15, 0.2) is 0 Å². The van der Waals surface area contributed by atoms with Gasteiger partial charge in [-0.3, -0.25) is 4.79 Å². The molecule has 0 spiro atoms. The Labute approximate surface area is 89.7 Å². The van der Waals surface area contributed by atoms with Crippen molar-refractivity contribution in [3.05, 3.63) is 24.0 Å². The zero-order valence-electron chi connectivity index (χ0n) is 8.99. The van der Waals surface area contributed by atoms with Crippen LogP contribution in [0.15, 0.2) is 18.3 Å². The highest BCUT2D eigenvalue weighted by atomic mass is 16.2. The Morgan fingerprint density at radius 1 is 1.73 bits per heavy atom. The number of hydrogen-bond donors (Lipinski definition) is 2. The van der Waals surface area contributed by atoms with E-state index < -0.39 is 0 Å². The predicted molar refractivity (Wildman–Crippen MR) is 58.3 cm³/mol. The molecule has 0 aromatic carbocycles. The Hall–Kier alpha value is -1.29. The van der Waals surface area contributed by atoms with E-state index >= 15 is 0 Å². The highest BCUT2D eigenvalue weighted by Crippen LogP contribution is 2.05. The van der Waals surface area contributed by atoms with Crippen LogP contribution in [0, 0.1) is 0 Å². The molecule has 1 aromatic rings. The van der Waals surface area contributed by atoms with Crippen LogP contribution in [0.2, 0.25) is 0 Å². The lowest BCUT2D eigenvalue weighted by molar-refractivity contribution is -0.122. The number of hydrogen-bond acceptors (Lipinski definition) is 2. The topological polar surface area (TPSA) is 46.1 Å². The minimum Gasteiger partial charge on any atom is -0.353 e. The number of nitrogens with zero attached hydrogens (tertiary/aromatic N) is 1. The first-order chi connectivity index (χ1) is 7.27. The SMILES string of the molecule is Cn1cccc1CNC(=O)[C@H]1CCCN1. The van der Waals surface area contributed by atoms with E-state index in [0.29, 0.717) is 6.54 Å². The Morgan fingerprint density at radius 3 is 3.20 bits per heavy atom. The molecule has 15 heavy (non-hydrogen) atoms. The third-order valence-corrected chi connectivity index (χ3v) is 2.87. The van der Waals surface area contributed by atoms with Crippen LogP contribution >= 0.6 is 0 Å². The van der Waals surface area contributed by atoms with Crippen LogP contribution in [-0.4, -0.2) is 23.1 Å². The van der Waals surface area contributed by atoms with Gasteiger partial charge in [0.05, 0.1) is 12.6 Å². The van der Waals surface area contributed by atoms with Crippen LogP contribution in [-0.2, 0) is 18.4 Å². The van der Waals surface area contributed by atoms with Crippen LogP contribution in [0.3, 0.4) is 0 Å². The van der Waals surface area contributed by atoms with Gasteiger partial charge in [0.25, 0.3) is 0 Å². The van der Waals surface area contributed by atoms with Gasteiger partial charge in [-0.25, -0.2) is 0 Å². The summed E-state index contributed by atoms with van der Waals surface area (Å²) in [5.74, 6) is 0.119. The van der Waals surface area contributed by atoms with Crippen molar-refractivity contribution >= 4 is 5.91 Å². The summed E-state index contributed by atoms with van der Waals surface area (Å²) in [4.78, 5) is 11.7. The van der Waals surface area contributed by atoms with Crippen LogP contribution in [0.5, 0.6) is 0 Å². The van der Waals surface area contributed by atoms with Crippen molar-refractivity contribution in [2.75, 3.05) is 6.54 Å². The number of nitrogens with one attached hydrogen (secondary N) is 2. The second-order valence-electron chi connectivity index (χ2n) is 3.98. The second-order valence-corrected chi connectivity index (χ2v) is 3.98. The summed E-state index contributed by atoms with van der Waals surface area (Å²) in [6, 6.07) is 4.02. The third kappa shape index (κ3) is 2.39. The largest absolute Gasteiger partial charge is 0.353 e. The summed E-state index contributed by atoms with van der Waals surface area (Å²) in [6.45, 7) is 1.57. The standard InChI is InChI=1S/C11H17N3O/c1-14-7-3-4-9(14)8-13-11(15)10-5-2-6-12-10/h3-4,7,10,12H,2,5-6,8H2,1H3,(H,13,15)/t10-/m1/s1. The van der Waals surface area contributed by atoms with E-state index in [9.17, 15) is 4.79 Å². The third-order valence-electron chi connectivity index (χ3n) is 2.87. The molecule has 0 unspecified atom stereocenters. The van der Waals surface area contributed by atoms with E-state index in [-0.39, 0.29) is 11.9 Å². The fourth-order valence-corrected chi connectivity index (χ4v) is 1.89. The Bertz CT molecular complexity index is 339. The number of aryl methyl sites for hydroxylation is 1. The molecule has 4 nitrogen and oxygen atoms in total. The van der Waals surface area contributed by atoms with Gasteiger partial charge >= 0.3 is 0 Å². The predicted octanol–water partition coefficient (Wildman–Crippen LogP) is 0.393. The molecule has 0 bridgehead atoms. The van der Waals surface area contributed by atoms with Crippen molar-refractivity contribution in [3.63, 3.8) is 0 Å². The molecule has 1 aromatic heterocycles. The van der Waals surface area contributed by atoms with Crippen molar-refractivity contribution < 1.29 is 4.79 Å². The van der Waals surface area contributed by atoms with Crippen molar-refractivity contribution in [2.45, 2.75) is 25.4 Å². The summed E-state index contributed by atoms with van der Waals surface area (Å²) >= 11 is 0. The highest BCUT2D eigenvalue weighted by Gasteiger charge is 2.21. The number of amides is 1. The molecule has 0 radical (unpaired) electrons. The second kappa shape index (κ2) is 4.49. The number of carbonyl (C=O) groups excluding carboxylic acids is 1. The van der Waals surface area contributed by atoms with E-state index in [2.05, 4.69) is 10.6 Å². The molecule has 1 amide bonds. The summed E-state index contributed by atoms with van der Waals surface area (Å²) in [6.07, 6.45) is 4.04. The van der Waals surface area contributed by atoms with Crippen molar-refractivity contribution in [1.82, 2.24) is 15.2 Å². The molecule has 2 rings (SSSR count). The van der Waals surface area contributed by atoms with Crippen molar-refractivity contribution in [1.29, 1.82) is 0 Å². The lowest BCUT2D eigenvalue weighted by Crippen LogP contribution is -2.40. The van der Waals surface area contributed by atoms with Crippen LogP contribution in [0.1, 0.15) is 18.5 Å². The summed E-state index contributed by atoms with van der Waals surface area (Å²) in [5, 5.41) is 6.13. The Kier molecular flexibility index (Phi) is 3.06. The normalized spacial score (nSPS) is 20.5. The molecule has 1 aliphatic rings. The van der Waals surface area contributed by atoms with E-state index in [4.69, 9.17) is 0 Å². The maximum absolute atomic E-state index is 11.7. The van der Waals surface area contributed by atoms with Gasteiger partial charge in [-0.05, 0) is 31.5 Å². The molecule has 82 valence electrons. The minimum absolute atomic E-state index is 0.0188. The van der Waals surface area contributed by atoms with E-state index in [1.807, 2.05) is 29.9 Å². The number of rotatable bonds is 3. The smallest absolute Gasteiger partial charge is 0.237 e. The van der Waals surface area contributed by atoms with Crippen molar-refractivity contribution in [2.24, 2.45) is 7.05 Å². The first-order valence-corrected chi connectivity index (χ1v) is 5.38. The number of aromatic nitrogens is 1. The summed E-state index contributed by atoms with van der Waals surface area (Å²) in [7, 11) is 1.98. The minimum atomic E-state index is 0.0188. The average molecular weight is 207 g/mol. The molecule has 0 aliphatic carbocycles. The fraction of sp³-hybridized carbons (Fsp3) is 0.545. The van der Waals surface area contributed by atoms with Crippen LogP contribution in [0.4, 0.5) is 0 Å². The first-order valence-electron chi connectivity index (χ1n) is 5.38. The fourth-order valence-electron chi connectivity index (χ4n) is 1.89. The van der Waals surface area contributed by atoms with E-state index in [1.165, 1.54) is 0 Å². The molecule has 0 saturated carbocycles. The summed E-state index contributed by atoms with van der Waals surface area (Å²) in [5.41, 5.74) is 1.13. The Morgan fingerprint density at radius 2 is 2.60 bits per heavy atom. The average Bonchev–Trinajstić information content (AvgIpc) is 2.85. The lowest BCUT2D eigenvalue weighted by atomic mass is 10.2. The zero-order chi connectivity index (χ0) is 10.7. The highest BCUT2D eigenvalue weighted by molar-refractivity contribution is 5.81. The molecule has 4 heteroatoms. The molecular formula is C11H17N3O. The molecule has 1 fully saturated rings. The molecule has 1 aliphatic heterocycles. The van der Waals surface area contributed by atoms with Crippen LogP contribution in [0.25, 0.3) is 0 Å². The van der Waals surface area contributed by atoms with Gasteiger partial charge in [0.2, 0.25) is 5.91 Å². The van der Waals surface area contributed by atoms with Gasteiger partial charge in [0, 0.05) is 18.9 Å². The maximum Gasteiger partial charge on any atom is 0.237 e. The van der Waals surface area contributed by atoms with E-state index in [1.54, 1.807) is 0 Å². The quantitative estimate of drug-likeness (QED) is 0.753. The maximum atomic E-state index is 11.7. The van der Waals surface area contributed by atoms with Crippen molar-refractivity contribution in [3.8, 4) is 0 Å². The molecular weight excluding hydrogens is 190 g/mol. The number of carbonyl (C=O) groups is 1. The van der Waals surface area contributed by atoms with Crippen LogP contribution < -0.4 is 10.6 Å². The van der Waals surface area contributed by atoms with Gasteiger partial charge in [-0.1, -0.05) is 0 Å². The first kappa shape index (κ1) is 10.2. The van der Waals surface area contributed by atoms with Gasteiger partial charge in [-0.15, -0.1) is 0 Å².